The zero-order valence-corrected chi connectivity index (χ0v) is 12.3. The Bertz CT molecular complexity index is 672. The topological polar surface area (TPSA) is 72.2 Å². The molecule has 0 saturated heterocycles. The van der Waals surface area contributed by atoms with Crippen molar-refractivity contribution in [3.05, 3.63) is 60.9 Å². The van der Waals surface area contributed by atoms with Crippen LogP contribution in [0.1, 0.15) is 15.2 Å². The molecular weight excluding hydrogens is 323 g/mol. The minimum Gasteiger partial charge on any atom is -0.347 e. The van der Waals surface area contributed by atoms with E-state index >= 15 is 0 Å². The van der Waals surface area contributed by atoms with Gasteiger partial charge in [0, 0.05) is 22.7 Å². The molecule has 20 heavy (non-hydrogen) atoms. The second kappa shape index (κ2) is 6.21. The van der Waals surface area contributed by atoms with E-state index in [9.17, 15) is 14.9 Å². The van der Waals surface area contributed by atoms with Gasteiger partial charge in [-0.2, -0.15) is 0 Å². The lowest BCUT2D eigenvalue weighted by Gasteiger charge is -2.06. The van der Waals surface area contributed by atoms with Crippen molar-refractivity contribution >= 4 is 45.4 Å². The van der Waals surface area contributed by atoms with Crippen molar-refractivity contribution in [3.63, 3.8) is 0 Å². The fourth-order valence-electron chi connectivity index (χ4n) is 1.48. The molecular formula is C12H8Cl2N2O3S. The standard InChI is InChI=1S/C12H8Cl2N2O3S/c13-8-2-1-7(9(14)5-8)6-15-12(17)10-3-4-11(20-10)16(18)19/h1-5H,6H2,(H,15,17). The van der Waals surface area contributed by atoms with E-state index in [1.165, 1.54) is 12.1 Å². The molecule has 0 aliphatic rings. The summed E-state index contributed by atoms with van der Waals surface area (Å²) >= 11 is 12.6. The Hall–Kier alpha value is -1.63. The Kier molecular flexibility index (Phi) is 4.59. The van der Waals surface area contributed by atoms with Crippen LogP contribution >= 0.6 is 34.5 Å². The van der Waals surface area contributed by atoms with Gasteiger partial charge < -0.3 is 5.32 Å². The molecule has 1 N–H and O–H groups in total. The van der Waals surface area contributed by atoms with Crippen molar-refractivity contribution in [2.75, 3.05) is 0 Å². The third kappa shape index (κ3) is 3.47. The minimum absolute atomic E-state index is 0.0697. The first-order chi connectivity index (χ1) is 9.47. The monoisotopic (exact) mass is 330 g/mol. The molecule has 1 aromatic carbocycles. The van der Waals surface area contributed by atoms with Crippen LogP contribution in [0, 0.1) is 10.1 Å². The van der Waals surface area contributed by atoms with Crippen molar-refractivity contribution in [1.29, 1.82) is 0 Å². The van der Waals surface area contributed by atoms with Crippen LogP contribution in [0.4, 0.5) is 5.00 Å². The number of hydrogen-bond acceptors (Lipinski definition) is 4. The number of nitrogens with one attached hydrogen (secondary N) is 1. The van der Waals surface area contributed by atoms with Crippen LogP contribution in [0.25, 0.3) is 0 Å². The normalized spacial score (nSPS) is 10.3. The average molecular weight is 331 g/mol. The highest BCUT2D eigenvalue weighted by Crippen LogP contribution is 2.24. The van der Waals surface area contributed by atoms with E-state index in [4.69, 9.17) is 23.2 Å². The summed E-state index contributed by atoms with van der Waals surface area (Å²) in [6, 6.07) is 7.68. The molecule has 0 bridgehead atoms. The second-order valence-electron chi connectivity index (χ2n) is 3.81. The smallest absolute Gasteiger partial charge is 0.324 e. The average Bonchev–Trinajstić information content (AvgIpc) is 2.87. The maximum atomic E-state index is 11.8. The maximum Gasteiger partial charge on any atom is 0.324 e. The van der Waals surface area contributed by atoms with E-state index in [0.717, 1.165) is 16.9 Å². The SMILES string of the molecule is O=C(NCc1ccc(Cl)cc1Cl)c1ccc([N+](=O)[O-])s1. The fraction of sp³-hybridized carbons (Fsp3) is 0.0833. The van der Waals surface area contributed by atoms with E-state index in [-0.39, 0.29) is 22.3 Å². The van der Waals surface area contributed by atoms with Gasteiger partial charge in [0.2, 0.25) is 0 Å². The first kappa shape index (κ1) is 14.8. The molecule has 8 heteroatoms. The van der Waals surface area contributed by atoms with Crippen LogP contribution in [0.5, 0.6) is 0 Å². The van der Waals surface area contributed by atoms with Gasteiger partial charge in [-0.05, 0) is 23.8 Å². The molecule has 0 radical (unpaired) electrons. The number of hydrogen-bond donors (Lipinski definition) is 1. The highest BCUT2D eigenvalue weighted by molar-refractivity contribution is 7.17. The van der Waals surface area contributed by atoms with E-state index in [1.807, 2.05) is 0 Å². The molecule has 0 fully saturated rings. The fourth-order valence-corrected chi connectivity index (χ4v) is 2.69. The van der Waals surface area contributed by atoms with Crippen LogP contribution in [0.15, 0.2) is 30.3 Å². The molecule has 104 valence electrons. The lowest BCUT2D eigenvalue weighted by Crippen LogP contribution is -2.21. The summed E-state index contributed by atoms with van der Waals surface area (Å²) < 4.78 is 0. The first-order valence-electron chi connectivity index (χ1n) is 5.43. The number of nitrogens with zero attached hydrogens (tertiary/aromatic N) is 1. The van der Waals surface area contributed by atoms with Crippen molar-refractivity contribution in [1.82, 2.24) is 5.32 Å². The number of benzene rings is 1. The summed E-state index contributed by atoms with van der Waals surface area (Å²) in [4.78, 5) is 22.1. The molecule has 5 nitrogen and oxygen atoms in total. The quantitative estimate of drug-likeness (QED) is 0.682. The summed E-state index contributed by atoms with van der Waals surface area (Å²) in [5, 5.41) is 14.1. The summed E-state index contributed by atoms with van der Waals surface area (Å²) in [7, 11) is 0. The number of halogens is 2. The summed E-state index contributed by atoms with van der Waals surface area (Å²) in [6.45, 7) is 0.223. The van der Waals surface area contributed by atoms with Crippen LogP contribution in [0.3, 0.4) is 0 Å². The van der Waals surface area contributed by atoms with Gasteiger partial charge in [-0.25, -0.2) is 0 Å². The number of carbonyl (C=O) groups excluding carboxylic acids is 1. The molecule has 1 heterocycles. The van der Waals surface area contributed by atoms with Crippen LogP contribution < -0.4 is 5.32 Å². The Morgan fingerprint density at radius 3 is 2.65 bits per heavy atom. The van der Waals surface area contributed by atoms with Crippen LogP contribution in [-0.4, -0.2) is 10.8 Å². The van der Waals surface area contributed by atoms with E-state index < -0.39 is 4.92 Å². The molecule has 0 spiro atoms. The molecule has 0 unspecified atom stereocenters. The molecule has 0 saturated carbocycles. The molecule has 1 amide bonds. The predicted molar refractivity (Wildman–Crippen MR) is 78.6 cm³/mol. The third-order valence-corrected chi connectivity index (χ3v) is 4.07. The van der Waals surface area contributed by atoms with Gasteiger partial charge in [0.15, 0.2) is 0 Å². The first-order valence-corrected chi connectivity index (χ1v) is 7.01. The molecule has 1 aromatic heterocycles. The Balaban J connectivity index is 2.02. The van der Waals surface area contributed by atoms with Gasteiger partial charge in [-0.3, -0.25) is 14.9 Å². The second-order valence-corrected chi connectivity index (χ2v) is 5.72. The predicted octanol–water partition coefficient (Wildman–Crippen LogP) is 3.89. The van der Waals surface area contributed by atoms with Gasteiger partial charge in [0.1, 0.15) is 0 Å². The van der Waals surface area contributed by atoms with Crippen LogP contribution in [0.2, 0.25) is 10.0 Å². The number of carbonyl (C=O) groups is 1. The van der Waals surface area contributed by atoms with Gasteiger partial charge in [0.25, 0.3) is 5.91 Å². The van der Waals surface area contributed by atoms with Gasteiger partial charge >= 0.3 is 5.00 Å². The van der Waals surface area contributed by atoms with Crippen LogP contribution in [-0.2, 0) is 6.54 Å². The van der Waals surface area contributed by atoms with E-state index in [2.05, 4.69) is 5.32 Å². The maximum absolute atomic E-state index is 11.8. The molecule has 0 aliphatic carbocycles. The Morgan fingerprint density at radius 1 is 1.30 bits per heavy atom. The Morgan fingerprint density at radius 2 is 2.05 bits per heavy atom. The molecule has 2 aromatic rings. The molecule has 0 aliphatic heterocycles. The summed E-state index contributed by atoms with van der Waals surface area (Å²) in [6.07, 6.45) is 0. The van der Waals surface area contributed by atoms with Gasteiger partial charge in [0.05, 0.1) is 9.80 Å². The highest BCUT2D eigenvalue weighted by atomic mass is 35.5. The molecule has 0 atom stereocenters. The summed E-state index contributed by atoms with van der Waals surface area (Å²) in [5.41, 5.74) is 0.718. The largest absolute Gasteiger partial charge is 0.347 e. The van der Waals surface area contributed by atoms with E-state index in [1.54, 1.807) is 18.2 Å². The van der Waals surface area contributed by atoms with Crippen molar-refractivity contribution in [3.8, 4) is 0 Å². The van der Waals surface area contributed by atoms with Crippen molar-refractivity contribution in [2.45, 2.75) is 6.54 Å². The van der Waals surface area contributed by atoms with Gasteiger partial charge in [-0.1, -0.05) is 40.6 Å². The zero-order valence-electron chi connectivity index (χ0n) is 9.93. The highest BCUT2D eigenvalue weighted by Gasteiger charge is 2.15. The lowest BCUT2D eigenvalue weighted by atomic mass is 10.2. The number of thiophene rings is 1. The molecule has 2 rings (SSSR count). The van der Waals surface area contributed by atoms with Gasteiger partial charge in [-0.15, -0.1) is 0 Å². The zero-order chi connectivity index (χ0) is 14.7. The number of rotatable bonds is 4. The Labute approximate surface area is 128 Å². The number of amides is 1. The van der Waals surface area contributed by atoms with Crippen molar-refractivity contribution in [2.24, 2.45) is 0 Å². The van der Waals surface area contributed by atoms with E-state index in [0.29, 0.717) is 10.0 Å². The minimum atomic E-state index is -0.530. The third-order valence-electron chi connectivity index (χ3n) is 2.45. The lowest BCUT2D eigenvalue weighted by molar-refractivity contribution is -0.380. The van der Waals surface area contributed by atoms with Crippen molar-refractivity contribution < 1.29 is 9.72 Å². The number of nitro groups is 1. The summed E-state index contributed by atoms with van der Waals surface area (Å²) in [5.74, 6) is -0.380.